The van der Waals surface area contributed by atoms with Gasteiger partial charge in [0.05, 0.1) is 19.8 Å². The molecule has 1 aliphatic heterocycles. The van der Waals surface area contributed by atoms with E-state index >= 15 is 0 Å². The molecule has 2 rings (SSSR count). The van der Waals surface area contributed by atoms with E-state index in [2.05, 4.69) is 5.32 Å². The minimum absolute atomic E-state index is 0.0423. The Kier molecular flexibility index (Phi) is 4.10. The molecule has 1 heterocycles. The lowest BCUT2D eigenvalue weighted by atomic mass is 9.93. The number of nitrogens with one attached hydrogen (secondary N) is 1. The summed E-state index contributed by atoms with van der Waals surface area (Å²) in [4.78, 5) is 12.6. The molecule has 19 heavy (non-hydrogen) atoms. The van der Waals surface area contributed by atoms with Gasteiger partial charge in [0.25, 0.3) is 0 Å². The van der Waals surface area contributed by atoms with Gasteiger partial charge in [-0.1, -0.05) is 0 Å². The second-order valence-electron chi connectivity index (χ2n) is 4.96. The highest BCUT2D eigenvalue weighted by Gasteiger charge is 2.28. The molecule has 104 valence electrons. The number of hydrogen-bond acceptors (Lipinski definition) is 4. The van der Waals surface area contributed by atoms with Crippen LogP contribution in [-0.4, -0.2) is 33.1 Å². The summed E-state index contributed by atoms with van der Waals surface area (Å²) in [6, 6.07) is 1.81. The molecule has 4 heteroatoms. The number of hydrogen-bond donors (Lipinski definition) is 1. The Morgan fingerprint density at radius 1 is 1.26 bits per heavy atom. The van der Waals surface area contributed by atoms with Crippen LogP contribution in [0.15, 0.2) is 6.07 Å². The number of carbonyl (C=O) groups excluding carboxylic acids is 1. The van der Waals surface area contributed by atoms with Crippen molar-refractivity contribution in [2.24, 2.45) is 5.92 Å². The summed E-state index contributed by atoms with van der Waals surface area (Å²) in [5.74, 6) is 1.60. The lowest BCUT2D eigenvalue weighted by Gasteiger charge is -2.17. The molecule has 0 aliphatic carbocycles. The van der Waals surface area contributed by atoms with Gasteiger partial charge in [0, 0.05) is 12.5 Å². The summed E-state index contributed by atoms with van der Waals surface area (Å²) in [5, 5.41) is 3.22. The van der Waals surface area contributed by atoms with Crippen molar-refractivity contribution in [2.45, 2.75) is 20.3 Å². The minimum atomic E-state index is 0.0423. The molecule has 0 aromatic heterocycles. The van der Waals surface area contributed by atoms with Gasteiger partial charge < -0.3 is 14.8 Å². The van der Waals surface area contributed by atoms with Crippen LogP contribution < -0.4 is 14.8 Å². The largest absolute Gasteiger partial charge is 0.496 e. The maximum Gasteiger partial charge on any atom is 0.171 e. The zero-order chi connectivity index (χ0) is 14.0. The summed E-state index contributed by atoms with van der Waals surface area (Å²) in [5.41, 5.74) is 2.62. The molecule has 0 amide bonds. The van der Waals surface area contributed by atoms with Crippen molar-refractivity contribution in [1.29, 1.82) is 0 Å². The standard InChI is InChI=1S/C15H21NO3/c1-9-10(2)15(19-4)12(7-13(9)18-3)14(17)11-5-6-16-8-11/h7,11,16H,5-6,8H2,1-4H3. The van der Waals surface area contributed by atoms with Crippen LogP contribution in [0.4, 0.5) is 0 Å². The number of methoxy groups -OCH3 is 2. The quantitative estimate of drug-likeness (QED) is 0.845. The molecule has 0 radical (unpaired) electrons. The van der Waals surface area contributed by atoms with Gasteiger partial charge in [-0.2, -0.15) is 0 Å². The van der Waals surface area contributed by atoms with E-state index in [1.54, 1.807) is 14.2 Å². The van der Waals surface area contributed by atoms with Crippen molar-refractivity contribution in [3.05, 3.63) is 22.8 Å². The Morgan fingerprint density at radius 3 is 2.53 bits per heavy atom. The molecular formula is C15H21NO3. The Labute approximate surface area is 114 Å². The maximum atomic E-state index is 12.6. The van der Waals surface area contributed by atoms with Gasteiger partial charge >= 0.3 is 0 Å². The van der Waals surface area contributed by atoms with Gasteiger partial charge in [-0.25, -0.2) is 0 Å². The summed E-state index contributed by atoms with van der Waals surface area (Å²) in [6.45, 7) is 5.58. The molecule has 0 spiro atoms. The number of rotatable bonds is 4. The topological polar surface area (TPSA) is 47.6 Å². The number of Topliss-reactive ketones (excluding diaryl/α,β-unsaturated/α-hetero) is 1. The smallest absolute Gasteiger partial charge is 0.171 e. The van der Waals surface area contributed by atoms with Crippen molar-refractivity contribution in [3.8, 4) is 11.5 Å². The Hall–Kier alpha value is -1.55. The molecule has 0 saturated carbocycles. The summed E-state index contributed by atoms with van der Waals surface area (Å²) >= 11 is 0. The molecular weight excluding hydrogens is 242 g/mol. The van der Waals surface area contributed by atoms with Crippen LogP contribution in [0.2, 0.25) is 0 Å². The molecule has 1 fully saturated rings. The van der Waals surface area contributed by atoms with Crippen LogP contribution in [0.1, 0.15) is 27.9 Å². The van der Waals surface area contributed by atoms with E-state index in [0.29, 0.717) is 11.3 Å². The molecule has 0 bridgehead atoms. The van der Waals surface area contributed by atoms with Crippen LogP contribution in [0, 0.1) is 19.8 Å². The lowest BCUT2D eigenvalue weighted by molar-refractivity contribution is 0.0926. The first kappa shape index (κ1) is 13.9. The summed E-state index contributed by atoms with van der Waals surface area (Å²) in [6.07, 6.45) is 0.886. The highest BCUT2D eigenvalue weighted by Crippen LogP contribution is 2.35. The van der Waals surface area contributed by atoms with E-state index in [-0.39, 0.29) is 11.7 Å². The maximum absolute atomic E-state index is 12.6. The van der Waals surface area contributed by atoms with Crippen LogP contribution in [0.25, 0.3) is 0 Å². The number of ether oxygens (including phenoxy) is 2. The summed E-state index contributed by atoms with van der Waals surface area (Å²) in [7, 11) is 3.23. The molecule has 1 atom stereocenters. The summed E-state index contributed by atoms with van der Waals surface area (Å²) < 4.78 is 10.8. The zero-order valence-corrected chi connectivity index (χ0v) is 12.0. The molecule has 1 unspecified atom stereocenters. The Bertz CT molecular complexity index is 491. The van der Waals surface area contributed by atoms with Gasteiger partial charge in [0.1, 0.15) is 11.5 Å². The van der Waals surface area contributed by atoms with Crippen LogP contribution in [0.3, 0.4) is 0 Å². The van der Waals surface area contributed by atoms with Crippen molar-refractivity contribution in [3.63, 3.8) is 0 Å². The van der Waals surface area contributed by atoms with Crippen molar-refractivity contribution in [1.82, 2.24) is 5.32 Å². The van der Waals surface area contributed by atoms with E-state index in [1.807, 2.05) is 19.9 Å². The Balaban J connectivity index is 2.48. The molecule has 1 saturated heterocycles. The first-order valence-electron chi connectivity index (χ1n) is 6.57. The predicted octanol–water partition coefficient (Wildman–Crippen LogP) is 2.11. The lowest BCUT2D eigenvalue weighted by Crippen LogP contribution is -2.19. The molecule has 1 N–H and O–H groups in total. The van der Waals surface area contributed by atoms with Crippen molar-refractivity contribution >= 4 is 5.78 Å². The fraction of sp³-hybridized carbons (Fsp3) is 0.533. The van der Waals surface area contributed by atoms with Crippen LogP contribution >= 0.6 is 0 Å². The van der Waals surface area contributed by atoms with Gasteiger partial charge in [-0.15, -0.1) is 0 Å². The number of benzene rings is 1. The second-order valence-corrected chi connectivity index (χ2v) is 4.96. The fourth-order valence-electron chi connectivity index (χ4n) is 2.62. The highest BCUT2D eigenvalue weighted by molar-refractivity contribution is 6.01. The SMILES string of the molecule is COc1cc(C(=O)C2CCNC2)c(OC)c(C)c1C. The minimum Gasteiger partial charge on any atom is -0.496 e. The molecule has 1 aliphatic rings. The van der Waals surface area contributed by atoms with Gasteiger partial charge in [-0.05, 0) is 44.0 Å². The average Bonchev–Trinajstić information content (AvgIpc) is 2.94. The Morgan fingerprint density at radius 2 is 2.00 bits per heavy atom. The average molecular weight is 263 g/mol. The predicted molar refractivity (Wildman–Crippen MR) is 74.3 cm³/mol. The molecule has 1 aromatic carbocycles. The van der Waals surface area contributed by atoms with Crippen molar-refractivity contribution in [2.75, 3.05) is 27.3 Å². The van der Waals surface area contributed by atoms with Crippen LogP contribution in [0.5, 0.6) is 11.5 Å². The monoisotopic (exact) mass is 263 g/mol. The van der Waals surface area contributed by atoms with Crippen LogP contribution in [-0.2, 0) is 0 Å². The molecule has 4 nitrogen and oxygen atoms in total. The van der Waals surface area contributed by atoms with Crippen molar-refractivity contribution < 1.29 is 14.3 Å². The number of ketones is 1. The van der Waals surface area contributed by atoms with Gasteiger partial charge in [0.15, 0.2) is 5.78 Å². The fourth-order valence-corrected chi connectivity index (χ4v) is 2.62. The first-order valence-corrected chi connectivity index (χ1v) is 6.57. The van der Waals surface area contributed by atoms with E-state index in [4.69, 9.17) is 9.47 Å². The van der Waals surface area contributed by atoms with E-state index in [9.17, 15) is 4.79 Å². The second kappa shape index (κ2) is 5.61. The third kappa shape index (κ3) is 2.45. The number of carbonyl (C=O) groups is 1. The zero-order valence-electron chi connectivity index (χ0n) is 12.0. The first-order chi connectivity index (χ1) is 9.10. The van der Waals surface area contributed by atoms with Gasteiger partial charge in [0.2, 0.25) is 0 Å². The van der Waals surface area contributed by atoms with Gasteiger partial charge in [-0.3, -0.25) is 4.79 Å². The normalized spacial score (nSPS) is 18.4. The van der Waals surface area contributed by atoms with E-state index in [0.717, 1.165) is 36.4 Å². The molecule has 1 aromatic rings. The van der Waals surface area contributed by atoms with E-state index in [1.165, 1.54) is 0 Å². The highest BCUT2D eigenvalue weighted by atomic mass is 16.5. The van der Waals surface area contributed by atoms with E-state index < -0.39 is 0 Å². The third-order valence-electron chi connectivity index (χ3n) is 3.91. The third-order valence-corrected chi connectivity index (χ3v) is 3.91.